The summed E-state index contributed by atoms with van der Waals surface area (Å²) in [6.45, 7) is 8.61. The van der Waals surface area contributed by atoms with Crippen LogP contribution < -0.4 is 4.74 Å². The van der Waals surface area contributed by atoms with E-state index < -0.39 is 0 Å². The van der Waals surface area contributed by atoms with Gasteiger partial charge in [0, 0.05) is 6.61 Å². The van der Waals surface area contributed by atoms with E-state index in [1.165, 1.54) is 35.9 Å². The Morgan fingerprint density at radius 1 is 0.787 bits per heavy atom. The van der Waals surface area contributed by atoms with Crippen LogP contribution in [0.1, 0.15) is 77.7 Å². The monoisotopic (exact) mass is 658 g/mol. The Hall–Kier alpha value is -4.08. The summed E-state index contributed by atoms with van der Waals surface area (Å²) in [5.41, 5.74) is 3.75. The van der Waals surface area contributed by atoms with Gasteiger partial charge in [-0.3, -0.25) is 0 Å². The Morgan fingerprint density at radius 3 is 2.21 bits per heavy atom. The molecule has 10 heteroatoms. The zero-order valence-corrected chi connectivity index (χ0v) is 28.6. The van der Waals surface area contributed by atoms with Crippen molar-refractivity contribution >= 4 is 34.4 Å². The molecule has 250 valence electrons. The van der Waals surface area contributed by atoms with Gasteiger partial charge in [0.15, 0.2) is 0 Å². The molecule has 0 saturated heterocycles. The van der Waals surface area contributed by atoms with Crippen LogP contribution >= 0.6 is 11.6 Å². The third kappa shape index (κ3) is 11.3. The summed E-state index contributed by atoms with van der Waals surface area (Å²) in [6.07, 6.45) is 9.98. The lowest BCUT2D eigenvalue weighted by Gasteiger charge is -2.12. The number of aromatic hydroxyl groups is 1. The molecule has 0 bridgehead atoms. The maximum Gasteiger partial charge on any atom is 0.265 e. The average Bonchev–Trinajstić information content (AvgIpc) is 3.41. The van der Waals surface area contributed by atoms with Crippen molar-refractivity contribution in [2.24, 2.45) is 26.4 Å². The second-order valence-corrected chi connectivity index (χ2v) is 12.0. The van der Waals surface area contributed by atoms with Gasteiger partial charge < -0.3 is 14.6 Å². The largest absolute Gasteiger partial charge is 0.492 e. The van der Waals surface area contributed by atoms with Gasteiger partial charge in [-0.25, -0.2) is 0 Å². The van der Waals surface area contributed by atoms with Gasteiger partial charge in [0.25, 0.3) is 5.88 Å². The lowest BCUT2D eigenvalue weighted by molar-refractivity contribution is 0.0989. The molecule has 1 aromatic heterocycles. The van der Waals surface area contributed by atoms with Crippen molar-refractivity contribution in [1.82, 2.24) is 9.78 Å². The van der Waals surface area contributed by atoms with Gasteiger partial charge in [-0.15, -0.1) is 15.3 Å². The summed E-state index contributed by atoms with van der Waals surface area (Å²) in [6, 6.07) is 22.4. The zero-order valence-electron chi connectivity index (χ0n) is 27.8. The number of hydrogen-bond donors (Lipinski definition) is 1. The van der Waals surface area contributed by atoms with Crippen LogP contribution in [0.4, 0.5) is 22.7 Å². The van der Waals surface area contributed by atoms with Crippen LogP contribution in [0.3, 0.4) is 0 Å². The van der Waals surface area contributed by atoms with Crippen LogP contribution in [0.2, 0.25) is 5.02 Å². The van der Waals surface area contributed by atoms with E-state index >= 15 is 0 Å². The maximum absolute atomic E-state index is 11.0. The lowest BCUT2D eigenvalue weighted by atomic mass is 10.1. The fraction of sp³-hybridized carbons (Fsp3) is 0.432. The van der Waals surface area contributed by atoms with Crippen LogP contribution in [0.25, 0.3) is 5.69 Å². The Bertz CT molecular complexity index is 1550. The summed E-state index contributed by atoms with van der Waals surface area (Å²) < 4.78 is 13.2. The van der Waals surface area contributed by atoms with E-state index in [0.717, 1.165) is 44.4 Å². The van der Waals surface area contributed by atoms with E-state index in [2.05, 4.69) is 46.3 Å². The predicted molar refractivity (Wildman–Crippen MR) is 189 cm³/mol. The van der Waals surface area contributed by atoms with Crippen LogP contribution in [0.15, 0.2) is 93.3 Å². The highest BCUT2D eigenvalue weighted by molar-refractivity contribution is 6.33. The summed E-state index contributed by atoms with van der Waals surface area (Å²) in [7, 11) is 0. The van der Waals surface area contributed by atoms with Crippen molar-refractivity contribution in [3.05, 3.63) is 83.4 Å². The van der Waals surface area contributed by atoms with Crippen molar-refractivity contribution in [2.75, 3.05) is 19.8 Å². The molecule has 0 aliphatic heterocycles. The number of ether oxygens (including phenoxy) is 2. The van der Waals surface area contributed by atoms with Gasteiger partial charge in [-0.2, -0.15) is 14.9 Å². The van der Waals surface area contributed by atoms with Crippen LogP contribution in [-0.2, 0) is 11.2 Å². The molecule has 1 N–H and O–H groups in total. The van der Waals surface area contributed by atoms with Crippen LogP contribution in [0, 0.1) is 5.92 Å². The quantitative estimate of drug-likeness (QED) is 0.0753. The number of azo groups is 2. The first-order valence-electron chi connectivity index (χ1n) is 16.8. The van der Waals surface area contributed by atoms with Crippen LogP contribution in [0.5, 0.6) is 11.8 Å². The Morgan fingerprint density at radius 2 is 1.49 bits per heavy atom. The molecule has 9 nitrogen and oxygen atoms in total. The van der Waals surface area contributed by atoms with Crippen molar-refractivity contribution in [2.45, 2.75) is 78.6 Å². The molecule has 0 amide bonds. The lowest BCUT2D eigenvalue weighted by Crippen LogP contribution is -2.09. The van der Waals surface area contributed by atoms with Crippen molar-refractivity contribution in [3.8, 4) is 17.4 Å². The molecule has 4 rings (SSSR count). The molecule has 0 aliphatic rings. The first-order chi connectivity index (χ1) is 23.0. The van der Waals surface area contributed by atoms with Crippen molar-refractivity contribution < 1.29 is 14.6 Å². The number of benzene rings is 3. The van der Waals surface area contributed by atoms with E-state index in [-0.39, 0.29) is 17.4 Å². The number of aromatic nitrogens is 2. The minimum Gasteiger partial charge on any atom is -0.492 e. The summed E-state index contributed by atoms with van der Waals surface area (Å²) in [4.78, 5) is 0. The smallest absolute Gasteiger partial charge is 0.265 e. The minimum atomic E-state index is -0.158. The second-order valence-electron chi connectivity index (χ2n) is 11.6. The molecule has 0 spiro atoms. The fourth-order valence-corrected chi connectivity index (χ4v) is 5.13. The molecule has 0 saturated carbocycles. The zero-order chi connectivity index (χ0) is 33.3. The van der Waals surface area contributed by atoms with E-state index in [1.54, 1.807) is 18.2 Å². The van der Waals surface area contributed by atoms with E-state index in [4.69, 9.17) is 21.1 Å². The maximum atomic E-state index is 11.0. The topological polar surface area (TPSA) is 106 Å². The van der Waals surface area contributed by atoms with Gasteiger partial charge in [0.05, 0.1) is 35.3 Å². The summed E-state index contributed by atoms with van der Waals surface area (Å²) in [5, 5.41) is 33.2. The number of unbranched alkanes of at least 4 members (excludes halogenated alkanes) is 5. The van der Waals surface area contributed by atoms with Gasteiger partial charge in [0.2, 0.25) is 11.6 Å². The van der Waals surface area contributed by atoms with Gasteiger partial charge in [-0.1, -0.05) is 108 Å². The Labute approximate surface area is 283 Å². The molecule has 0 unspecified atom stereocenters. The molecule has 4 aromatic rings. The highest BCUT2D eigenvalue weighted by Gasteiger charge is 2.20. The molecule has 1 heterocycles. The van der Waals surface area contributed by atoms with Gasteiger partial charge in [-0.05, 0) is 66.8 Å². The first kappa shape index (κ1) is 35.8. The Kier molecular flexibility index (Phi) is 14.9. The highest BCUT2D eigenvalue weighted by atomic mass is 35.5. The highest BCUT2D eigenvalue weighted by Crippen LogP contribution is 2.40. The minimum absolute atomic E-state index is 0.154. The SMILES string of the molecule is CCCCCCCCOc1nn(-c2ccccc2)c(O)c1/N=N/c1ccc(/N=N/c2ccc(CCOCC(CC)CC)cc2)c(Cl)c1. The molecule has 3 aromatic carbocycles. The summed E-state index contributed by atoms with van der Waals surface area (Å²) >= 11 is 6.53. The fourth-order valence-electron chi connectivity index (χ4n) is 4.92. The van der Waals surface area contributed by atoms with E-state index in [1.807, 2.05) is 54.6 Å². The number of halogens is 1. The van der Waals surface area contributed by atoms with Crippen LogP contribution in [-0.4, -0.2) is 34.7 Å². The normalized spacial score (nSPS) is 11.8. The second kappa shape index (κ2) is 19.6. The molecular weight excluding hydrogens is 612 g/mol. The van der Waals surface area contributed by atoms with Gasteiger partial charge >= 0.3 is 0 Å². The average molecular weight is 659 g/mol. The Balaban J connectivity index is 1.38. The third-order valence-electron chi connectivity index (χ3n) is 7.99. The molecule has 0 radical (unpaired) electrons. The summed E-state index contributed by atoms with van der Waals surface area (Å²) in [5.74, 6) is 0.696. The number of nitrogens with zero attached hydrogens (tertiary/aromatic N) is 6. The standard InChI is InChI=1S/C37H47ClN6O3/c1-4-7-8-9-10-14-24-47-36-35(37(45)44(43-36)32-15-12-11-13-16-32)42-40-31-21-22-34(33(38)26-31)41-39-30-19-17-29(18-20-30)23-25-46-27-28(5-2)6-3/h11-13,15-22,26,28,45H,4-10,14,23-25,27H2,1-3H3/b41-39+,42-40+. The molecule has 0 fully saturated rings. The molecule has 0 atom stereocenters. The van der Waals surface area contributed by atoms with Gasteiger partial charge in [0.1, 0.15) is 5.69 Å². The third-order valence-corrected chi connectivity index (χ3v) is 8.30. The van der Waals surface area contributed by atoms with E-state index in [9.17, 15) is 5.11 Å². The van der Waals surface area contributed by atoms with Crippen molar-refractivity contribution in [1.29, 1.82) is 0 Å². The molecular formula is C37H47ClN6O3. The molecule has 47 heavy (non-hydrogen) atoms. The number of hydrogen-bond acceptors (Lipinski definition) is 8. The van der Waals surface area contributed by atoms with Crippen molar-refractivity contribution in [3.63, 3.8) is 0 Å². The molecule has 0 aliphatic carbocycles. The first-order valence-corrected chi connectivity index (χ1v) is 17.2. The van der Waals surface area contributed by atoms with E-state index in [0.29, 0.717) is 41.2 Å². The predicted octanol–water partition coefficient (Wildman–Crippen LogP) is 11.8. The number of rotatable bonds is 20. The number of para-hydroxylation sites is 1.